The van der Waals surface area contributed by atoms with Gasteiger partial charge in [0.2, 0.25) is 5.91 Å². The lowest BCUT2D eigenvalue weighted by Crippen LogP contribution is -2.26. The van der Waals surface area contributed by atoms with Crippen LogP contribution in [0.15, 0.2) is 12.4 Å². The van der Waals surface area contributed by atoms with Gasteiger partial charge in [-0.25, -0.2) is 0 Å². The van der Waals surface area contributed by atoms with Crippen LogP contribution in [0.3, 0.4) is 0 Å². The van der Waals surface area contributed by atoms with Gasteiger partial charge >= 0.3 is 5.97 Å². The average molecular weight is 253 g/mol. The first-order valence-corrected chi connectivity index (χ1v) is 5.83. The molecule has 6 nitrogen and oxygen atoms in total. The topological polar surface area (TPSA) is 84.1 Å². The largest absolute Gasteiger partial charge is 0.460 e. The van der Waals surface area contributed by atoms with Gasteiger partial charge in [0.05, 0.1) is 12.6 Å². The Morgan fingerprint density at radius 2 is 2.11 bits per heavy atom. The van der Waals surface area contributed by atoms with Gasteiger partial charge in [0, 0.05) is 24.7 Å². The second kappa shape index (κ2) is 6.18. The summed E-state index contributed by atoms with van der Waals surface area (Å²) in [5.41, 5.74) is 0.380. The minimum Gasteiger partial charge on any atom is -0.460 e. The fourth-order valence-corrected chi connectivity index (χ4v) is 1.27. The maximum Gasteiger partial charge on any atom is 0.306 e. The molecule has 0 aliphatic rings. The minimum absolute atomic E-state index is 0.0918. The lowest BCUT2D eigenvalue weighted by molar-refractivity contribution is -0.155. The molecule has 1 rings (SSSR count). The van der Waals surface area contributed by atoms with Gasteiger partial charge in [-0.05, 0) is 20.8 Å². The Hall–Kier alpha value is -1.85. The van der Waals surface area contributed by atoms with Crippen molar-refractivity contribution >= 4 is 11.9 Å². The lowest BCUT2D eigenvalue weighted by atomic mass is 10.2. The molecular formula is C12H19N3O3. The van der Waals surface area contributed by atoms with Crippen LogP contribution in [0, 0.1) is 0 Å². The van der Waals surface area contributed by atoms with Crippen molar-refractivity contribution in [3.05, 3.63) is 18.0 Å². The molecule has 1 amide bonds. The summed E-state index contributed by atoms with van der Waals surface area (Å²) < 4.78 is 5.10. The maximum absolute atomic E-state index is 11.5. The van der Waals surface area contributed by atoms with Crippen LogP contribution in [-0.2, 0) is 20.9 Å². The number of H-pyrrole nitrogens is 1. The van der Waals surface area contributed by atoms with Crippen molar-refractivity contribution in [3.8, 4) is 0 Å². The summed E-state index contributed by atoms with van der Waals surface area (Å²) in [6.07, 6.45) is 3.56. The molecular weight excluding hydrogens is 234 g/mol. The monoisotopic (exact) mass is 253 g/mol. The Bertz CT molecular complexity index is 393. The van der Waals surface area contributed by atoms with Crippen LogP contribution in [0.2, 0.25) is 0 Å². The molecule has 1 heterocycles. The molecule has 0 aromatic carbocycles. The highest BCUT2D eigenvalue weighted by Gasteiger charge is 2.16. The third-order valence-corrected chi connectivity index (χ3v) is 2.02. The van der Waals surface area contributed by atoms with Crippen molar-refractivity contribution < 1.29 is 14.3 Å². The lowest BCUT2D eigenvalue weighted by Gasteiger charge is -2.19. The van der Waals surface area contributed by atoms with E-state index in [9.17, 15) is 9.59 Å². The van der Waals surface area contributed by atoms with Gasteiger partial charge in [-0.2, -0.15) is 5.10 Å². The van der Waals surface area contributed by atoms with E-state index in [0.717, 1.165) is 5.56 Å². The Kier molecular flexibility index (Phi) is 4.88. The fraction of sp³-hybridized carbons (Fsp3) is 0.583. The SMILES string of the molecule is CC(C)(C)OC(=O)CCC(=O)NCc1cn[nH]c1. The van der Waals surface area contributed by atoms with E-state index >= 15 is 0 Å². The van der Waals surface area contributed by atoms with E-state index in [1.807, 2.05) is 0 Å². The van der Waals surface area contributed by atoms with E-state index in [1.165, 1.54) is 0 Å². The van der Waals surface area contributed by atoms with E-state index in [2.05, 4.69) is 15.5 Å². The summed E-state index contributed by atoms with van der Waals surface area (Å²) in [6, 6.07) is 0. The number of aromatic amines is 1. The van der Waals surface area contributed by atoms with Crippen molar-refractivity contribution in [1.29, 1.82) is 0 Å². The number of carbonyl (C=O) groups excluding carboxylic acids is 2. The van der Waals surface area contributed by atoms with Crippen molar-refractivity contribution in [2.75, 3.05) is 0 Å². The molecule has 18 heavy (non-hydrogen) atoms. The van der Waals surface area contributed by atoms with Crippen LogP contribution >= 0.6 is 0 Å². The first kappa shape index (κ1) is 14.2. The maximum atomic E-state index is 11.5. The highest BCUT2D eigenvalue weighted by Crippen LogP contribution is 2.09. The van der Waals surface area contributed by atoms with Crippen molar-refractivity contribution in [1.82, 2.24) is 15.5 Å². The number of rotatable bonds is 5. The summed E-state index contributed by atoms with van der Waals surface area (Å²) in [5.74, 6) is -0.539. The number of nitrogens with zero attached hydrogens (tertiary/aromatic N) is 1. The van der Waals surface area contributed by atoms with Gasteiger partial charge in [0.25, 0.3) is 0 Å². The third kappa shape index (κ3) is 6.03. The smallest absolute Gasteiger partial charge is 0.306 e. The van der Waals surface area contributed by atoms with Crippen LogP contribution in [0.1, 0.15) is 39.2 Å². The first-order valence-electron chi connectivity index (χ1n) is 5.83. The number of hydrogen-bond acceptors (Lipinski definition) is 4. The molecule has 0 saturated heterocycles. The first-order chi connectivity index (χ1) is 8.37. The van der Waals surface area contributed by atoms with Gasteiger partial charge in [-0.15, -0.1) is 0 Å². The van der Waals surface area contributed by atoms with Crippen LogP contribution < -0.4 is 5.32 Å². The molecule has 100 valence electrons. The normalized spacial score (nSPS) is 11.1. The van der Waals surface area contributed by atoms with E-state index in [1.54, 1.807) is 33.2 Å². The van der Waals surface area contributed by atoms with Crippen LogP contribution in [0.25, 0.3) is 0 Å². The van der Waals surface area contributed by atoms with E-state index in [4.69, 9.17) is 4.74 Å². The number of amides is 1. The second-order valence-electron chi connectivity index (χ2n) is 4.97. The molecule has 0 atom stereocenters. The molecule has 0 aliphatic heterocycles. The molecule has 6 heteroatoms. The zero-order valence-electron chi connectivity index (χ0n) is 10.9. The standard InChI is InChI=1S/C12H19N3O3/c1-12(2,3)18-11(17)5-4-10(16)13-6-9-7-14-15-8-9/h7-8H,4-6H2,1-3H3,(H,13,16)(H,14,15). The number of ether oxygens (including phenoxy) is 1. The van der Waals surface area contributed by atoms with Crippen molar-refractivity contribution in [3.63, 3.8) is 0 Å². The van der Waals surface area contributed by atoms with Crippen LogP contribution in [-0.4, -0.2) is 27.7 Å². The van der Waals surface area contributed by atoms with Gasteiger partial charge in [-0.1, -0.05) is 0 Å². The van der Waals surface area contributed by atoms with E-state index < -0.39 is 5.60 Å². The molecule has 2 N–H and O–H groups in total. The quantitative estimate of drug-likeness (QED) is 0.771. The Morgan fingerprint density at radius 1 is 1.39 bits per heavy atom. The Labute approximate surface area is 106 Å². The Morgan fingerprint density at radius 3 is 2.67 bits per heavy atom. The summed E-state index contributed by atoms with van der Waals surface area (Å²) in [5, 5.41) is 9.11. The number of hydrogen-bond donors (Lipinski definition) is 2. The van der Waals surface area contributed by atoms with Crippen LogP contribution in [0.4, 0.5) is 0 Å². The van der Waals surface area contributed by atoms with Gasteiger partial charge < -0.3 is 10.1 Å². The zero-order valence-corrected chi connectivity index (χ0v) is 10.9. The molecule has 0 spiro atoms. The number of aromatic nitrogens is 2. The molecule has 1 aromatic rings. The van der Waals surface area contributed by atoms with Gasteiger partial charge in [-0.3, -0.25) is 14.7 Å². The molecule has 0 saturated carbocycles. The Balaban J connectivity index is 2.19. The summed E-state index contributed by atoms with van der Waals surface area (Å²) in [6.45, 7) is 5.79. The van der Waals surface area contributed by atoms with E-state index in [-0.39, 0.29) is 24.7 Å². The summed E-state index contributed by atoms with van der Waals surface area (Å²) in [7, 11) is 0. The van der Waals surface area contributed by atoms with Crippen molar-refractivity contribution in [2.24, 2.45) is 0 Å². The highest BCUT2D eigenvalue weighted by molar-refractivity contribution is 5.81. The van der Waals surface area contributed by atoms with Crippen LogP contribution in [0.5, 0.6) is 0 Å². The van der Waals surface area contributed by atoms with E-state index in [0.29, 0.717) is 6.54 Å². The average Bonchev–Trinajstić information content (AvgIpc) is 2.74. The van der Waals surface area contributed by atoms with Gasteiger partial charge in [0.15, 0.2) is 0 Å². The minimum atomic E-state index is -0.510. The van der Waals surface area contributed by atoms with Crippen molar-refractivity contribution in [2.45, 2.75) is 45.8 Å². The molecule has 0 aliphatic carbocycles. The molecule has 0 fully saturated rings. The second-order valence-corrected chi connectivity index (χ2v) is 4.97. The van der Waals surface area contributed by atoms with Gasteiger partial charge in [0.1, 0.15) is 5.60 Å². The fourth-order valence-electron chi connectivity index (χ4n) is 1.27. The summed E-state index contributed by atoms with van der Waals surface area (Å²) in [4.78, 5) is 22.8. The highest BCUT2D eigenvalue weighted by atomic mass is 16.6. The molecule has 0 bridgehead atoms. The number of nitrogens with one attached hydrogen (secondary N) is 2. The predicted molar refractivity (Wildman–Crippen MR) is 65.5 cm³/mol. The number of carbonyl (C=O) groups is 2. The molecule has 1 aromatic heterocycles. The summed E-state index contributed by atoms with van der Waals surface area (Å²) >= 11 is 0. The third-order valence-electron chi connectivity index (χ3n) is 2.02. The number of esters is 1. The molecule has 0 unspecified atom stereocenters. The molecule has 0 radical (unpaired) electrons. The zero-order chi connectivity index (χ0) is 13.6. The predicted octanol–water partition coefficient (Wildman–Crippen LogP) is 1.15.